The number of ether oxygens (including phenoxy) is 6. The molecule has 3 rings (SSSR count). The van der Waals surface area contributed by atoms with Gasteiger partial charge >= 0.3 is 0 Å². The lowest BCUT2D eigenvalue weighted by atomic mass is 9.98. The lowest BCUT2D eigenvalue weighted by Crippen LogP contribution is -2.37. The lowest BCUT2D eigenvalue weighted by molar-refractivity contribution is -0.215. The highest BCUT2D eigenvalue weighted by atomic mass is 16.6. The van der Waals surface area contributed by atoms with Gasteiger partial charge in [0.15, 0.2) is 23.0 Å². The van der Waals surface area contributed by atoms with Gasteiger partial charge < -0.3 is 28.4 Å². The van der Waals surface area contributed by atoms with E-state index in [1.54, 1.807) is 28.4 Å². The molecule has 0 amide bonds. The first-order valence-electron chi connectivity index (χ1n) is 9.27. The first kappa shape index (κ1) is 20.3. The SMILES string of the molecule is COc1ccc(C2OC(C)C(c3ccc(OC)c(OC)c3)OC2C)cc1OC. The van der Waals surface area contributed by atoms with Crippen molar-refractivity contribution < 1.29 is 28.4 Å². The Morgan fingerprint density at radius 1 is 0.571 bits per heavy atom. The fourth-order valence-electron chi connectivity index (χ4n) is 3.59. The molecule has 0 aromatic heterocycles. The van der Waals surface area contributed by atoms with Crippen LogP contribution in [0.4, 0.5) is 0 Å². The zero-order valence-electron chi connectivity index (χ0n) is 17.2. The molecule has 0 bridgehead atoms. The van der Waals surface area contributed by atoms with Gasteiger partial charge in [0, 0.05) is 0 Å². The number of hydrogen-bond acceptors (Lipinski definition) is 6. The Morgan fingerprint density at radius 3 is 1.25 bits per heavy atom. The molecular formula is C22H28O6. The second-order valence-corrected chi connectivity index (χ2v) is 6.75. The highest BCUT2D eigenvalue weighted by molar-refractivity contribution is 5.45. The van der Waals surface area contributed by atoms with Crippen molar-refractivity contribution in [2.45, 2.75) is 38.3 Å². The molecule has 2 aromatic carbocycles. The predicted molar refractivity (Wildman–Crippen MR) is 106 cm³/mol. The third-order valence-corrected chi connectivity index (χ3v) is 5.05. The maximum atomic E-state index is 6.36. The normalized spacial score (nSPS) is 24.5. The molecule has 1 aliphatic heterocycles. The second-order valence-electron chi connectivity index (χ2n) is 6.75. The van der Waals surface area contributed by atoms with Gasteiger partial charge in [-0.05, 0) is 49.2 Å². The highest BCUT2D eigenvalue weighted by Crippen LogP contribution is 2.42. The van der Waals surface area contributed by atoms with Crippen molar-refractivity contribution in [2.24, 2.45) is 0 Å². The molecule has 152 valence electrons. The van der Waals surface area contributed by atoms with Crippen molar-refractivity contribution in [1.29, 1.82) is 0 Å². The first-order chi connectivity index (χ1) is 13.5. The van der Waals surface area contributed by atoms with E-state index in [0.717, 1.165) is 11.1 Å². The quantitative estimate of drug-likeness (QED) is 0.734. The minimum Gasteiger partial charge on any atom is -0.493 e. The van der Waals surface area contributed by atoms with Crippen LogP contribution in [0.15, 0.2) is 36.4 Å². The Balaban J connectivity index is 1.83. The van der Waals surface area contributed by atoms with Crippen molar-refractivity contribution in [3.63, 3.8) is 0 Å². The van der Waals surface area contributed by atoms with Crippen LogP contribution >= 0.6 is 0 Å². The summed E-state index contributed by atoms with van der Waals surface area (Å²) in [4.78, 5) is 0. The minimum absolute atomic E-state index is 0.146. The minimum atomic E-state index is -0.203. The molecule has 28 heavy (non-hydrogen) atoms. The van der Waals surface area contributed by atoms with Crippen molar-refractivity contribution in [1.82, 2.24) is 0 Å². The Hall–Kier alpha value is -2.44. The van der Waals surface area contributed by atoms with Crippen LogP contribution in [0.2, 0.25) is 0 Å². The summed E-state index contributed by atoms with van der Waals surface area (Å²) in [6, 6.07) is 11.6. The number of benzene rings is 2. The number of methoxy groups -OCH3 is 4. The molecule has 2 aromatic rings. The lowest BCUT2D eigenvalue weighted by Gasteiger charge is -2.40. The summed E-state index contributed by atoms with van der Waals surface area (Å²) in [6.45, 7) is 4.03. The molecule has 0 saturated carbocycles. The van der Waals surface area contributed by atoms with Crippen molar-refractivity contribution >= 4 is 0 Å². The van der Waals surface area contributed by atoms with Crippen LogP contribution in [-0.2, 0) is 9.47 Å². The maximum absolute atomic E-state index is 6.36. The molecular weight excluding hydrogens is 360 g/mol. The van der Waals surface area contributed by atoms with E-state index in [4.69, 9.17) is 28.4 Å². The number of rotatable bonds is 6. The van der Waals surface area contributed by atoms with Gasteiger partial charge in [-0.15, -0.1) is 0 Å². The molecule has 6 nitrogen and oxygen atoms in total. The van der Waals surface area contributed by atoms with Crippen LogP contribution in [-0.4, -0.2) is 40.6 Å². The van der Waals surface area contributed by atoms with Crippen LogP contribution in [0.5, 0.6) is 23.0 Å². The third kappa shape index (κ3) is 3.88. The molecule has 0 spiro atoms. The van der Waals surface area contributed by atoms with E-state index in [0.29, 0.717) is 23.0 Å². The van der Waals surface area contributed by atoms with E-state index in [-0.39, 0.29) is 24.4 Å². The van der Waals surface area contributed by atoms with E-state index in [1.807, 2.05) is 50.2 Å². The van der Waals surface area contributed by atoms with Gasteiger partial charge in [0.1, 0.15) is 12.2 Å². The summed E-state index contributed by atoms with van der Waals surface area (Å²) < 4.78 is 34.2. The van der Waals surface area contributed by atoms with Gasteiger partial charge in [0.2, 0.25) is 0 Å². The summed E-state index contributed by atoms with van der Waals surface area (Å²) in [5, 5.41) is 0. The maximum Gasteiger partial charge on any atom is 0.161 e. The standard InChI is InChI=1S/C22H28O6/c1-13-21(15-7-9-17(23-3)19(11-15)25-5)28-14(2)22(27-13)16-8-10-18(24-4)20(12-16)26-6/h7-14,21-22H,1-6H3. The van der Waals surface area contributed by atoms with Gasteiger partial charge in [-0.25, -0.2) is 0 Å². The average Bonchev–Trinajstić information content (AvgIpc) is 2.73. The topological polar surface area (TPSA) is 55.4 Å². The predicted octanol–water partition coefficient (Wildman–Crippen LogP) is 4.33. The summed E-state index contributed by atoms with van der Waals surface area (Å²) >= 11 is 0. The summed E-state index contributed by atoms with van der Waals surface area (Å²) in [7, 11) is 6.49. The van der Waals surface area contributed by atoms with E-state index in [9.17, 15) is 0 Å². The summed E-state index contributed by atoms with van der Waals surface area (Å²) in [6.07, 6.45) is -0.697. The first-order valence-corrected chi connectivity index (χ1v) is 9.27. The second kappa shape index (κ2) is 8.71. The molecule has 1 fully saturated rings. The van der Waals surface area contributed by atoms with Crippen molar-refractivity contribution in [2.75, 3.05) is 28.4 Å². The Morgan fingerprint density at radius 2 is 0.929 bits per heavy atom. The largest absolute Gasteiger partial charge is 0.493 e. The van der Waals surface area contributed by atoms with Gasteiger partial charge in [0.25, 0.3) is 0 Å². The highest BCUT2D eigenvalue weighted by Gasteiger charge is 2.36. The van der Waals surface area contributed by atoms with E-state index in [1.165, 1.54) is 0 Å². The molecule has 4 unspecified atom stereocenters. The summed E-state index contributed by atoms with van der Waals surface area (Å²) in [5.41, 5.74) is 1.98. The zero-order chi connectivity index (χ0) is 20.3. The Kier molecular flexibility index (Phi) is 6.31. The zero-order valence-corrected chi connectivity index (χ0v) is 17.2. The number of hydrogen-bond donors (Lipinski definition) is 0. The van der Waals surface area contributed by atoms with Crippen LogP contribution in [0.3, 0.4) is 0 Å². The van der Waals surface area contributed by atoms with Crippen LogP contribution in [0.1, 0.15) is 37.2 Å². The molecule has 4 atom stereocenters. The van der Waals surface area contributed by atoms with E-state index in [2.05, 4.69) is 0 Å². The monoisotopic (exact) mass is 388 g/mol. The van der Waals surface area contributed by atoms with Gasteiger partial charge in [-0.2, -0.15) is 0 Å². The van der Waals surface area contributed by atoms with Gasteiger partial charge in [-0.3, -0.25) is 0 Å². The van der Waals surface area contributed by atoms with Gasteiger partial charge in [-0.1, -0.05) is 12.1 Å². The Bertz CT molecular complexity index is 738. The molecule has 1 heterocycles. The van der Waals surface area contributed by atoms with Crippen molar-refractivity contribution in [3.05, 3.63) is 47.5 Å². The third-order valence-electron chi connectivity index (χ3n) is 5.05. The molecule has 0 radical (unpaired) electrons. The van der Waals surface area contributed by atoms with Crippen LogP contribution in [0.25, 0.3) is 0 Å². The fraction of sp³-hybridized carbons (Fsp3) is 0.455. The summed E-state index contributed by atoms with van der Waals surface area (Å²) in [5.74, 6) is 2.72. The van der Waals surface area contributed by atoms with Crippen LogP contribution < -0.4 is 18.9 Å². The fourth-order valence-corrected chi connectivity index (χ4v) is 3.59. The molecule has 6 heteroatoms. The van der Waals surface area contributed by atoms with Gasteiger partial charge in [0.05, 0.1) is 40.6 Å². The average molecular weight is 388 g/mol. The molecule has 0 aliphatic carbocycles. The molecule has 1 aliphatic rings. The smallest absolute Gasteiger partial charge is 0.161 e. The van der Waals surface area contributed by atoms with E-state index >= 15 is 0 Å². The van der Waals surface area contributed by atoms with Crippen molar-refractivity contribution in [3.8, 4) is 23.0 Å². The Labute approximate surface area is 166 Å². The van der Waals surface area contributed by atoms with E-state index < -0.39 is 0 Å². The molecule has 0 N–H and O–H groups in total. The van der Waals surface area contributed by atoms with Crippen LogP contribution in [0, 0.1) is 0 Å². The molecule has 1 saturated heterocycles.